The smallest absolute Gasteiger partial charge is 0.130 e. The molecule has 15 heavy (non-hydrogen) atoms. The fourth-order valence-electron chi connectivity index (χ4n) is 1.87. The van der Waals surface area contributed by atoms with Gasteiger partial charge < -0.3 is 5.32 Å². The highest BCUT2D eigenvalue weighted by atomic mass is 19.1. The van der Waals surface area contributed by atoms with Gasteiger partial charge in [-0.1, -0.05) is 18.9 Å². The fraction of sp³-hybridized carbons (Fsp3) is 0.500. The molecule has 1 aliphatic rings. The Hall–Kier alpha value is -0.960. The van der Waals surface area contributed by atoms with Crippen LogP contribution in [0.4, 0.5) is 8.78 Å². The van der Waals surface area contributed by atoms with E-state index in [1.807, 2.05) is 7.05 Å². The van der Waals surface area contributed by atoms with Gasteiger partial charge in [-0.2, -0.15) is 0 Å². The second kappa shape index (κ2) is 4.27. The van der Waals surface area contributed by atoms with E-state index >= 15 is 0 Å². The van der Waals surface area contributed by atoms with Crippen molar-refractivity contribution in [1.29, 1.82) is 0 Å². The average molecular weight is 211 g/mol. The minimum Gasteiger partial charge on any atom is -0.313 e. The summed E-state index contributed by atoms with van der Waals surface area (Å²) in [6.07, 6.45) is 3.42. The molecule has 0 aromatic heterocycles. The summed E-state index contributed by atoms with van der Waals surface area (Å²) in [5.41, 5.74) is 0.575. The summed E-state index contributed by atoms with van der Waals surface area (Å²) >= 11 is 0. The first-order valence-electron chi connectivity index (χ1n) is 5.33. The van der Waals surface area contributed by atoms with E-state index in [-0.39, 0.29) is 6.04 Å². The van der Waals surface area contributed by atoms with Crippen LogP contribution in [0.25, 0.3) is 0 Å². The third-order valence-electron chi connectivity index (χ3n) is 2.95. The first-order chi connectivity index (χ1) is 7.20. The third kappa shape index (κ3) is 2.53. The molecule has 1 nitrogen and oxygen atoms in total. The van der Waals surface area contributed by atoms with E-state index in [9.17, 15) is 8.78 Å². The minimum absolute atomic E-state index is 0.0121. The standard InChI is InChI=1S/C12H15F2N/c1-15-12(6-8-2-3-8)10-5-4-9(13)7-11(10)14/h4-5,7-8,12,15H,2-3,6H2,1H3. The topological polar surface area (TPSA) is 12.0 Å². The second-order valence-electron chi connectivity index (χ2n) is 4.19. The van der Waals surface area contributed by atoms with Crippen molar-refractivity contribution in [1.82, 2.24) is 5.32 Å². The van der Waals surface area contributed by atoms with E-state index in [1.54, 1.807) is 0 Å². The largest absolute Gasteiger partial charge is 0.313 e. The molecule has 82 valence electrons. The number of nitrogens with one attached hydrogen (secondary N) is 1. The monoisotopic (exact) mass is 211 g/mol. The minimum atomic E-state index is -0.516. The lowest BCUT2D eigenvalue weighted by atomic mass is 10.0. The molecule has 1 atom stereocenters. The molecule has 0 bridgehead atoms. The van der Waals surface area contributed by atoms with Crippen LogP contribution in [0.5, 0.6) is 0 Å². The first-order valence-corrected chi connectivity index (χ1v) is 5.33. The Labute approximate surface area is 88.5 Å². The van der Waals surface area contributed by atoms with E-state index in [1.165, 1.54) is 25.0 Å². The van der Waals surface area contributed by atoms with E-state index in [0.717, 1.165) is 12.5 Å². The molecule has 0 spiro atoms. The molecule has 1 fully saturated rings. The summed E-state index contributed by atoms with van der Waals surface area (Å²) in [7, 11) is 1.82. The van der Waals surface area contributed by atoms with Crippen LogP contribution in [0.15, 0.2) is 18.2 Å². The zero-order valence-electron chi connectivity index (χ0n) is 8.76. The van der Waals surface area contributed by atoms with Crippen LogP contribution in [-0.2, 0) is 0 Å². The van der Waals surface area contributed by atoms with E-state index in [0.29, 0.717) is 11.5 Å². The van der Waals surface area contributed by atoms with Crippen molar-refractivity contribution in [2.45, 2.75) is 25.3 Å². The van der Waals surface area contributed by atoms with Crippen LogP contribution >= 0.6 is 0 Å². The zero-order chi connectivity index (χ0) is 10.8. The van der Waals surface area contributed by atoms with Gasteiger partial charge in [0.2, 0.25) is 0 Å². The highest BCUT2D eigenvalue weighted by Crippen LogP contribution is 2.37. The maximum absolute atomic E-state index is 13.5. The molecule has 1 aromatic rings. The van der Waals surface area contributed by atoms with Crippen molar-refractivity contribution in [2.75, 3.05) is 7.05 Å². The van der Waals surface area contributed by atoms with Crippen molar-refractivity contribution in [2.24, 2.45) is 5.92 Å². The molecular formula is C12H15F2N. The quantitative estimate of drug-likeness (QED) is 0.807. The summed E-state index contributed by atoms with van der Waals surface area (Å²) in [5.74, 6) is -0.251. The van der Waals surface area contributed by atoms with Crippen LogP contribution in [0.3, 0.4) is 0 Å². The van der Waals surface area contributed by atoms with Gasteiger partial charge in [0.05, 0.1) is 0 Å². The van der Waals surface area contributed by atoms with Gasteiger partial charge in [0.25, 0.3) is 0 Å². The number of hydrogen-bond acceptors (Lipinski definition) is 1. The Balaban J connectivity index is 2.16. The normalized spacial score (nSPS) is 17.8. The van der Waals surface area contributed by atoms with E-state index in [2.05, 4.69) is 5.32 Å². The van der Waals surface area contributed by atoms with Crippen molar-refractivity contribution in [3.8, 4) is 0 Å². The van der Waals surface area contributed by atoms with Gasteiger partial charge in [-0.3, -0.25) is 0 Å². The van der Waals surface area contributed by atoms with E-state index in [4.69, 9.17) is 0 Å². The van der Waals surface area contributed by atoms with Crippen LogP contribution in [0.2, 0.25) is 0 Å². The number of rotatable bonds is 4. The number of hydrogen-bond donors (Lipinski definition) is 1. The maximum atomic E-state index is 13.5. The Morgan fingerprint density at radius 3 is 2.67 bits per heavy atom. The first kappa shape index (κ1) is 10.6. The van der Waals surface area contributed by atoms with Crippen molar-refractivity contribution in [3.05, 3.63) is 35.4 Å². The molecule has 0 saturated heterocycles. The highest BCUT2D eigenvalue weighted by molar-refractivity contribution is 5.22. The van der Waals surface area contributed by atoms with Gasteiger partial charge in [0, 0.05) is 17.7 Å². The Morgan fingerprint density at radius 2 is 2.13 bits per heavy atom. The summed E-state index contributed by atoms with van der Waals surface area (Å²) in [5, 5.41) is 3.09. The van der Waals surface area contributed by atoms with Crippen LogP contribution in [0, 0.1) is 17.6 Å². The van der Waals surface area contributed by atoms with Crippen molar-refractivity contribution < 1.29 is 8.78 Å². The van der Waals surface area contributed by atoms with Crippen LogP contribution < -0.4 is 5.32 Å². The molecule has 0 heterocycles. The summed E-state index contributed by atoms with van der Waals surface area (Å²) in [6, 6.07) is 3.81. The van der Waals surface area contributed by atoms with Crippen LogP contribution in [0.1, 0.15) is 30.9 Å². The lowest BCUT2D eigenvalue weighted by Crippen LogP contribution is -2.18. The lowest BCUT2D eigenvalue weighted by molar-refractivity contribution is 0.480. The van der Waals surface area contributed by atoms with Crippen molar-refractivity contribution in [3.63, 3.8) is 0 Å². The molecule has 0 amide bonds. The molecule has 1 N–H and O–H groups in total. The second-order valence-corrected chi connectivity index (χ2v) is 4.19. The molecule has 1 aromatic carbocycles. The summed E-state index contributed by atoms with van der Waals surface area (Å²) in [4.78, 5) is 0. The molecule has 0 aliphatic heterocycles. The molecule has 1 saturated carbocycles. The average Bonchev–Trinajstić information content (AvgIpc) is 2.99. The highest BCUT2D eigenvalue weighted by Gasteiger charge is 2.26. The van der Waals surface area contributed by atoms with E-state index < -0.39 is 11.6 Å². The predicted molar refractivity (Wildman–Crippen MR) is 55.5 cm³/mol. The number of benzene rings is 1. The van der Waals surface area contributed by atoms with Gasteiger partial charge in [-0.05, 0) is 25.5 Å². The maximum Gasteiger partial charge on any atom is 0.130 e. The van der Waals surface area contributed by atoms with Crippen molar-refractivity contribution >= 4 is 0 Å². The van der Waals surface area contributed by atoms with Gasteiger partial charge in [-0.25, -0.2) is 8.78 Å². The fourth-order valence-corrected chi connectivity index (χ4v) is 1.87. The molecule has 0 radical (unpaired) electrons. The SMILES string of the molecule is CNC(CC1CC1)c1ccc(F)cc1F. The predicted octanol–water partition coefficient (Wildman–Crippen LogP) is 3.03. The third-order valence-corrected chi connectivity index (χ3v) is 2.95. The molecule has 2 rings (SSSR count). The van der Waals surface area contributed by atoms with Gasteiger partial charge in [-0.15, -0.1) is 0 Å². The molecule has 1 unspecified atom stereocenters. The molecular weight excluding hydrogens is 196 g/mol. The van der Waals surface area contributed by atoms with Gasteiger partial charge in [0.1, 0.15) is 11.6 Å². The van der Waals surface area contributed by atoms with Gasteiger partial charge >= 0.3 is 0 Å². The molecule has 1 aliphatic carbocycles. The number of halogens is 2. The summed E-state index contributed by atoms with van der Waals surface area (Å²) < 4.78 is 26.2. The Kier molecular flexibility index (Phi) is 3.00. The zero-order valence-corrected chi connectivity index (χ0v) is 8.76. The van der Waals surface area contributed by atoms with Crippen LogP contribution in [-0.4, -0.2) is 7.05 Å². The molecule has 3 heteroatoms. The Bertz CT molecular complexity index is 347. The Morgan fingerprint density at radius 1 is 1.40 bits per heavy atom. The van der Waals surface area contributed by atoms with Gasteiger partial charge in [0.15, 0.2) is 0 Å². The lowest BCUT2D eigenvalue weighted by Gasteiger charge is -2.16. The summed E-state index contributed by atoms with van der Waals surface area (Å²) in [6.45, 7) is 0.